The highest BCUT2D eigenvalue weighted by Gasteiger charge is 2.21. The summed E-state index contributed by atoms with van der Waals surface area (Å²) in [5.41, 5.74) is 9.89. The number of nitrogens with two attached hydrogens (primary N) is 1. The first-order chi connectivity index (χ1) is 14.7. The zero-order valence-electron chi connectivity index (χ0n) is 16.7. The predicted octanol–water partition coefficient (Wildman–Crippen LogP) is 3.58. The second kappa shape index (κ2) is 8.50. The standard InChI is InChI=1S/C22H24N6S2/c1-2-15-11-17-16(6-10-29-17)12-18(15)30-22-27-19-20(23)25-13-26-21(19)28(22)9-5-14-3-7-24-8-4-14/h1,11-14,24H,3-10H2,(H2,23,25,26). The van der Waals surface area contributed by atoms with Crippen LogP contribution in [0.2, 0.25) is 0 Å². The van der Waals surface area contributed by atoms with Crippen LogP contribution in [0.3, 0.4) is 0 Å². The minimum absolute atomic E-state index is 0.421. The van der Waals surface area contributed by atoms with Gasteiger partial charge in [-0.3, -0.25) is 0 Å². The number of rotatable bonds is 5. The van der Waals surface area contributed by atoms with Gasteiger partial charge < -0.3 is 15.6 Å². The molecule has 6 nitrogen and oxygen atoms in total. The van der Waals surface area contributed by atoms with Gasteiger partial charge in [-0.15, -0.1) is 18.2 Å². The first kappa shape index (κ1) is 19.7. The van der Waals surface area contributed by atoms with Crippen molar-refractivity contribution in [2.24, 2.45) is 5.92 Å². The lowest BCUT2D eigenvalue weighted by Gasteiger charge is -2.23. The lowest BCUT2D eigenvalue weighted by Crippen LogP contribution is -2.28. The van der Waals surface area contributed by atoms with Crippen molar-refractivity contribution < 1.29 is 0 Å². The fraction of sp³-hybridized carbons (Fsp3) is 0.409. The van der Waals surface area contributed by atoms with E-state index in [9.17, 15) is 0 Å². The number of imidazole rings is 1. The molecule has 30 heavy (non-hydrogen) atoms. The summed E-state index contributed by atoms with van der Waals surface area (Å²) >= 11 is 3.50. The van der Waals surface area contributed by atoms with Gasteiger partial charge in [0, 0.05) is 27.7 Å². The summed E-state index contributed by atoms with van der Waals surface area (Å²) in [6, 6.07) is 4.38. The third kappa shape index (κ3) is 3.78. The number of aryl methyl sites for hydroxylation is 2. The van der Waals surface area contributed by atoms with Crippen LogP contribution in [0, 0.1) is 18.3 Å². The van der Waals surface area contributed by atoms with Gasteiger partial charge in [0.1, 0.15) is 6.33 Å². The second-order valence-corrected chi connectivity index (χ2v) is 9.91. The van der Waals surface area contributed by atoms with Gasteiger partial charge in [0.05, 0.1) is 0 Å². The summed E-state index contributed by atoms with van der Waals surface area (Å²) in [7, 11) is 0. The van der Waals surface area contributed by atoms with Gasteiger partial charge in [-0.2, -0.15) is 0 Å². The molecule has 0 unspecified atom stereocenters. The molecule has 0 bridgehead atoms. The van der Waals surface area contributed by atoms with Crippen molar-refractivity contribution in [2.75, 3.05) is 24.6 Å². The molecule has 5 rings (SSSR count). The first-order valence-corrected chi connectivity index (χ1v) is 12.1. The molecular formula is C22H24N6S2. The van der Waals surface area contributed by atoms with E-state index in [2.05, 4.69) is 37.9 Å². The van der Waals surface area contributed by atoms with Crippen LogP contribution in [-0.2, 0) is 13.0 Å². The Hall–Kier alpha value is -2.21. The number of nitrogens with zero attached hydrogens (tertiary/aromatic N) is 4. The summed E-state index contributed by atoms with van der Waals surface area (Å²) in [5, 5.41) is 4.32. The highest BCUT2D eigenvalue weighted by Crippen LogP contribution is 2.39. The van der Waals surface area contributed by atoms with Crippen molar-refractivity contribution in [3.05, 3.63) is 29.6 Å². The third-order valence-electron chi connectivity index (χ3n) is 5.89. The maximum atomic E-state index is 6.12. The van der Waals surface area contributed by atoms with Crippen molar-refractivity contribution in [3.8, 4) is 12.3 Å². The maximum Gasteiger partial charge on any atom is 0.175 e. The maximum absolute atomic E-state index is 6.12. The van der Waals surface area contributed by atoms with Crippen LogP contribution < -0.4 is 11.1 Å². The van der Waals surface area contributed by atoms with E-state index in [4.69, 9.17) is 17.1 Å². The second-order valence-electron chi connectivity index (χ2n) is 7.76. The van der Waals surface area contributed by atoms with Gasteiger partial charge in [0.25, 0.3) is 0 Å². The average molecular weight is 437 g/mol. The zero-order valence-corrected chi connectivity index (χ0v) is 18.4. The predicted molar refractivity (Wildman–Crippen MR) is 123 cm³/mol. The number of piperidine rings is 1. The number of anilines is 1. The number of hydrogen-bond donors (Lipinski definition) is 2. The SMILES string of the molecule is C#Cc1cc2c(cc1Sc1nc3c(N)ncnc3n1CCC1CCNCC1)CCS2. The lowest BCUT2D eigenvalue weighted by atomic mass is 9.95. The number of nitrogens with one attached hydrogen (secondary N) is 1. The van der Waals surface area contributed by atoms with E-state index in [0.717, 1.165) is 65.4 Å². The minimum atomic E-state index is 0.421. The van der Waals surface area contributed by atoms with E-state index in [-0.39, 0.29) is 0 Å². The number of fused-ring (bicyclic) bond motifs is 2. The molecule has 0 saturated carbocycles. The molecule has 2 aliphatic rings. The van der Waals surface area contributed by atoms with Gasteiger partial charge in [-0.1, -0.05) is 17.7 Å². The van der Waals surface area contributed by atoms with Crippen molar-refractivity contribution in [3.63, 3.8) is 0 Å². The Kier molecular flexibility index (Phi) is 5.59. The largest absolute Gasteiger partial charge is 0.382 e. The molecule has 0 amide bonds. The van der Waals surface area contributed by atoms with Crippen molar-refractivity contribution >= 4 is 40.5 Å². The van der Waals surface area contributed by atoms with Gasteiger partial charge in [0.2, 0.25) is 0 Å². The minimum Gasteiger partial charge on any atom is -0.382 e. The highest BCUT2D eigenvalue weighted by atomic mass is 32.2. The van der Waals surface area contributed by atoms with Gasteiger partial charge in [-0.25, -0.2) is 15.0 Å². The molecular weight excluding hydrogens is 412 g/mol. The summed E-state index contributed by atoms with van der Waals surface area (Å²) < 4.78 is 2.20. The monoisotopic (exact) mass is 436 g/mol. The molecule has 0 radical (unpaired) electrons. The topological polar surface area (TPSA) is 81.7 Å². The lowest BCUT2D eigenvalue weighted by molar-refractivity contribution is 0.335. The number of aromatic nitrogens is 4. The number of benzene rings is 1. The summed E-state index contributed by atoms with van der Waals surface area (Å²) in [5.74, 6) is 5.13. The van der Waals surface area contributed by atoms with Crippen LogP contribution in [0.4, 0.5) is 5.82 Å². The Labute approximate surface area is 184 Å². The summed E-state index contributed by atoms with van der Waals surface area (Å²) in [6.07, 6.45) is 12.0. The van der Waals surface area contributed by atoms with Crippen LogP contribution >= 0.6 is 23.5 Å². The molecule has 154 valence electrons. The molecule has 3 aromatic rings. The average Bonchev–Trinajstić information content (AvgIpc) is 3.37. The molecule has 0 aliphatic carbocycles. The van der Waals surface area contributed by atoms with E-state index in [0.29, 0.717) is 11.3 Å². The summed E-state index contributed by atoms with van der Waals surface area (Å²) in [4.78, 5) is 15.9. The Morgan fingerprint density at radius 2 is 2.17 bits per heavy atom. The Bertz CT molecular complexity index is 1130. The van der Waals surface area contributed by atoms with E-state index >= 15 is 0 Å². The van der Waals surface area contributed by atoms with Crippen LogP contribution in [-0.4, -0.2) is 38.4 Å². The van der Waals surface area contributed by atoms with E-state index in [1.165, 1.54) is 29.6 Å². The van der Waals surface area contributed by atoms with E-state index < -0.39 is 0 Å². The fourth-order valence-electron chi connectivity index (χ4n) is 4.19. The van der Waals surface area contributed by atoms with Gasteiger partial charge >= 0.3 is 0 Å². The quantitative estimate of drug-likeness (QED) is 0.592. The molecule has 1 aromatic carbocycles. The molecule has 0 spiro atoms. The van der Waals surface area contributed by atoms with Gasteiger partial charge in [0.15, 0.2) is 22.1 Å². The highest BCUT2D eigenvalue weighted by molar-refractivity contribution is 8.00. The third-order valence-corrected chi connectivity index (χ3v) is 8.04. The molecule has 1 saturated heterocycles. The molecule has 2 aliphatic heterocycles. The number of nitrogen functional groups attached to an aromatic ring is 1. The molecule has 1 fully saturated rings. The Morgan fingerprint density at radius 1 is 1.30 bits per heavy atom. The first-order valence-electron chi connectivity index (χ1n) is 10.3. The molecule has 8 heteroatoms. The van der Waals surface area contributed by atoms with Crippen molar-refractivity contribution in [1.82, 2.24) is 24.8 Å². The smallest absolute Gasteiger partial charge is 0.175 e. The van der Waals surface area contributed by atoms with E-state index in [1.54, 1.807) is 11.8 Å². The zero-order chi connectivity index (χ0) is 20.5. The van der Waals surface area contributed by atoms with Crippen LogP contribution in [0.25, 0.3) is 11.2 Å². The Balaban J connectivity index is 1.51. The molecule has 2 aromatic heterocycles. The van der Waals surface area contributed by atoms with Crippen LogP contribution in [0.15, 0.2) is 33.4 Å². The summed E-state index contributed by atoms with van der Waals surface area (Å²) in [6.45, 7) is 3.07. The molecule has 3 N–H and O–H groups in total. The normalized spacial score (nSPS) is 16.6. The fourth-order valence-corrected chi connectivity index (χ4v) is 6.33. The number of thioether (sulfide) groups is 1. The number of hydrogen-bond acceptors (Lipinski definition) is 7. The van der Waals surface area contributed by atoms with Crippen molar-refractivity contribution in [2.45, 2.75) is 47.2 Å². The Morgan fingerprint density at radius 3 is 3.00 bits per heavy atom. The van der Waals surface area contributed by atoms with Crippen LogP contribution in [0.5, 0.6) is 0 Å². The van der Waals surface area contributed by atoms with Crippen LogP contribution in [0.1, 0.15) is 30.4 Å². The molecule has 0 atom stereocenters. The van der Waals surface area contributed by atoms with Crippen molar-refractivity contribution in [1.29, 1.82) is 0 Å². The molecule has 4 heterocycles. The number of terminal acetylenes is 1. The van der Waals surface area contributed by atoms with E-state index in [1.807, 2.05) is 11.8 Å². The van der Waals surface area contributed by atoms with Gasteiger partial charge in [-0.05, 0) is 62.4 Å².